The molecule has 0 aromatic rings. The van der Waals surface area contributed by atoms with Crippen molar-refractivity contribution in [1.29, 1.82) is 0 Å². The van der Waals surface area contributed by atoms with E-state index < -0.39 is 0 Å². The second kappa shape index (κ2) is 21.9. The van der Waals surface area contributed by atoms with Gasteiger partial charge in [0.25, 0.3) is 0 Å². The monoisotopic (exact) mass is 384 g/mol. The van der Waals surface area contributed by atoms with Crippen LogP contribution >= 0.6 is 0 Å². The quantitative estimate of drug-likeness (QED) is 0.387. The number of rotatable bonds is 8. The Morgan fingerprint density at radius 3 is 2.15 bits per heavy atom. The maximum atomic E-state index is 5.31. The molecule has 2 heterocycles. The van der Waals surface area contributed by atoms with Gasteiger partial charge in [0, 0.05) is 19.7 Å². The Kier molecular flexibility index (Phi) is 23.4. The van der Waals surface area contributed by atoms with E-state index in [2.05, 4.69) is 39.2 Å². The van der Waals surface area contributed by atoms with Gasteiger partial charge in [-0.1, -0.05) is 59.5 Å². The number of hydrogen-bond acceptors (Lipinski definition) is 3. The molecule has 2 rings (SSSR count). The summed E-state index contributed by atoms with van der Waals surface area (Å²) in [5.74, 6) is 0.955. The maximum absolute atomic E-state index is 5.31. The van der Waals surface area contributed by atoms with E-state index in [1.165, 1.54) is 76.6 Å². The van der Waals surface area contributed by atoms with Crippen molar-refractivity contribution in [2.45, 2.75) is 105 Å². The Balaban J connectivity index is 0. The molecular weight excluding hydrogens is 332 g/mol. The van der Waals surface area contributed by atoms with E-state index in [1.54, 1.807) is 0 Å². The highest BCUT2D eigenvalue weighted by molar-refractivity contribution is 4.86. The van der Waals surface area contributed by atoms with Crippen LogP contribution in [0.2, 0.25) is 0 Å². The molecule has 2 aliphatic heterocycles. The molecule has 164 valence electrons. The molecule has 0 bridgehead atoms. The SMILES string of the molecule is C=C(C)CCCCC.CC.CCCCN1CCC(C)C1.NCC1CCCO1. The second-order valence-corrected chi connectivity index (χ2v) is 7.83. The largest absolute Gasteiger partial charge is 0.377 e. The molecule has 2 aliphatic rings. The lowest BCUT2D eigenvalue weighted by Gasteiger charge is -2.13. The van der Waals surface area contributed by atoms with Gasteiger partial charge < -0.3 is 15.4 Å². The third-order valence-corrected chi connectivity index (χ3v) is 4.83. The zero-order valence-corrected chi connectivity index (χ0v) is 19.7. The number of hydrogen-bond donors (Lipinski definition) is 1. The molecule has 2 N–H and O–H groups in total. The van der Waals surface area contributed by atoms with E-state index in [1.807, 2.05) is 13.8 Å². The number of likely N-dealkylation sites (tertiary alicyclic amines) is 1. The van der Waals surface area contributed by atoms with E-state index in [-0.39, 0.29) is 0 Å². The summed E-state index contributed by atoms with van der Waals surface area (Å²) in [7, 11) is 0. The zero-order chi connectivity index (χ0) is 20.9. The first kappa shape index (κ1) is 28.8. The lowest BCUT2D eigenvalue weighted by molar-refractivity contribution is 0.117. The highest BCUT2D eigenvalue weighted by atomic mass is 16.5. The van der Waals surface area contributed by atoms with Gasteiger partial charge in [-0.25, -0.2) is 0 Å². The molecular formula is C24H52N2O. The Labute approximate surface area is 172 Å². The highest BCUT2D eigenvalue weighted by Gasteiger charge is 2.16. The molecule has 3 nitrogen and oxygen atoms in total. The van der Waals surface area contributed by atoms with Crippen LogP contribution in [0.15, 0.2) is 12.2 Å². The summed E-state index contributed by atoms with van der Waals surface area (Å²) in [6, 6.07) is 0. The van der Waals surface area contributed by atoms with Crippen LogP contribution in [0, 0.1) is 5.92 Å². The third kappa shape index (κ3) is 20.2. The minimum atomic E-state index is 0.375. The standard InChI is InChI=1S/C9H19N.C8H16.C5H11NO.C2H6/c1-3-4-6-10-7-5-9(2)8-10;1-4-5-6-7-8(2)3;6-4-5-2-1-3-7-5;1-2/h9H,3-8H2,1-2H3;2,4-7H2,1,3H3;5H,1-4,6H2;1-2H3. The van der Waals surface area contributed by atoms with E-state index in [9.17, 15) is 0 Å². The Morgan fingerprint density at radius 2 is 1.78 bits per heavy atom. The summed E-state index contributed by atoms with van der Waals surface area (Å²) in [4.78, 5) is 2.59. The molecule has 0 aromatic heterocycles. The van der Waals surface area contributed by atoms with E-state index in [4.69, 9.17) is 10.5 Å². The van der Waals surface area contributed by atoms with Gasteiger partial charge in [-0.15, -0.1) is 6.58 Å². The molecule has 3 heteroatoms. The molecule has 0 spiro atoms. The summed E-state index contributed by atoms with van der Waals surface area (Å²) in [5.41, 5.74) is 6.63. The second-order valence-electron chi connectivity index (χ2n) is 7.83. The Morgan fingerprint density at radius 1 is 1.11 bits per heavy atom. The van der Waals surface area contributed by atoms with Crippen LogP contribution in [0.4, 0.5) is 0 Å². The number of unbranched alkanes of at least 4 members (excludes halogenated alkanes) is 3. The van der Waals surface area contributed by atoms with E-state index >= 15 is 0 Å². The van der Waals surface area contributed by atoms with E-state index in [0.29, 0.717) is 12.6 Å². The van der Waals surface area contributed by atoms with Crippen LogP contribution in [-0.2, 0) is 4.74 Å². The minimum Gasteiger partial charge on any atom is -0.377 e. The average Bonchev–Trinajstić information content (AvgIpc) is 3.34. The van der Waals surface area contributed by atoms with Crippen molar-refractivity contribution < 1.29 is 4.74 Å². The average molecular weight is 385 g/mol. The van der Waals surface area contributed by atoms with Crippen LogP contribution < -0.4 is 5.73 Å². The van der Waals surface area contributed by atoms with Crippen molar-refractivity contribution in [3.63, 3.8) is 0 Å². The van der Waals surface area contributed by atoms with Crippen molar-refractivity contribution in [2.24, 2.45) is 11.7 Å². The summed E-state index contributed by atoms with van der Waals surface area (Å²) < 4.78 is 5.18. The van der Waals surface area contributed by atoms with Gasteiger partial charge in [0.1, 0.15) is 0 Å². The van der Waals surface area contributed by atoms with Crippen molar-refractivity contribution in [1.82, 2.24) is 4.90 Å². The van der Waals surface area contributed by atoms with Crippen LogP contribution in [0.25, 0.3) is 0 Å². The highest BCUT2D eigenvalue weighted by Crippen LogP contribution is 2.14. The summed E-state index contributed by atoms with van der Waals surface area (Å²) in [6.07, 6.45) is 12.1. The third-order valence-electron chi connectivity index (χ3n) is 4.83. The van der Waals surface area contributed by atoms with Crippen molar-refractivity contribution in [2.75, 3.05) is 32.8 Å². The summed E-state index contributed by atoms with van der Waals surface area (Å²) >= 11 is 0. The Bertz CT molecular complexity index is 301. The number of nitrogens with two attached hydrogens (primary N) is 1. The summed E-state index contributed by atoms with van der Waals surface area (Å²) in [5, 5.41) is 0. The predicted molar refractivity (Wildman–Crippen MR) is 123 cm³/mol. The van der Waals surface area contributed by atoms with Crippen molar-refractivity contribution in [3.05, 3.63) is 12.2 Å². The molecule has 0 amide bonds. The molecule has 0 radical (unpaired) electrons. The van der Waals surface area contributed by atoms with Gasteiger partial charge in [0.15, 0.2) is 0 Å². The molecule has 27 heavy (non-hydrogen) atoms. The Hall–Kier alpha value is -0.380. The number of allylic oxidation sites excluding steroid dienone is 1. The molecule has 2 atom stereocenters. The lowest BCUT2D eigenvalue weighted by Crippen LogP contribution is -2.21. The predicted octanol–water partition coefficient (Wildman–Crippen LogP) is 6.42. The van der Waals surface area contributed by atoms with E-state index in [0.717, 1.165) is 18.9 Å². The van der Waals surface area contributed by atoms with Crippen molar-refractivity contribution in [3.8, 4) is 0 Å². The van der Waals surface area contributed by atoms with Crippen molar-refractivity contribution >= 4 is 0 Å². The zero-order valence-electron chi connectivity index (χ0n) is 19.7. The van der Waals surface area contributed by atoms with Gasteiger partial charge in [0.2, 0.25) is 0 Å². The molecule has 2 saturated heterocycles. The van der Waals surface area contributed by atoms with Crippen LogP contribution in [0.3, 0.4) is 0 Å². The smallest absolute Gasteiger partial charge is 0.0698 e. The van der Waals surface area contributed by atoms with Crippen LogP contribution in [0.5, 0.6) is 0 Å². The molecule has 0 aromatic carbocycles. The maximum Gasteiger partial charge on any atom is 0.0698 e. The first-order chi connectivity index (χ1) is 13.0. The lowest BCUT2D eigenvalue weighted by atomic mass is 10.1. The number of ether oxygens (including phenoxy) is 1. The van der Waals surface area contributed by atoms with Crippen LogP contribution in [0.1, 0.15) is 99.3 Å². The molecule has 0 saturated carbocycles. The number of nitrogens with zero attached hydrogens (tertiary/aromatic N) is 1. The normalized spacial score (nSPS) is 21.3. The molecule has 2 unspecified atom stereocenters. The summed E-state index contributed by atoms with van der Waals surface area (Å²) in [6.45, 7) is 22.4. The van der Waals surface area contributed by atoms with Gasteiger partial charge in [-0.3, -0.25) is 0 Å². The van der Waals surface area contributed by atoms with Gasteiger partial charge in [0.05, 0.1) is 6.10 Å². The van der Waals surface area contributed by atoms with Gasteiger partial charge in [-0.2, -0.15) is 0 Å². The van der Waals surface area contributed by atoms with Gasteiger partial charge in [-0.05, 0) is 64.5 Å². The first-order valence-corrected chi connectivity index (χ1v) is 11.7. The fourth-order valence-electron chi connectivity index (χ4n) is 3.12. The fraction of sp³-hybridized carbons (Fsp3) is 0.917. The van der Waals surface area contributed by atoms with Crippen LogP contribution in [-0.4, -0.2) is 43.8 Å². The minimum absolute atomic E-state index is 0.375. The molecule has 0 aliphatic carbocycles. The topological polar surface area (TPSA) is 38.5 Å². The van der Waals surface area contributed by atoms with Gasteiger partial charge >= 0.3 is 0 Å². The fourth-order valence-corrected chi connectivity index (χ4v) is 3.12. The first-order valence-electron chi connectivity index (χ1n) is 11.7. The molecule has 2 fully saturated rings.